The molecule has 6 rings (SSSR count). The Labute approximate surface area is 440 Å². The first-order chi connectivity index (χ1) is 36.6. The Morgan fingerprint density at radius 3 is 1.32 bits per heavy atom. The smallest absolute Gasteiger partial charge is 0.331 e. The topological polar surface area (TPSA) is 376 Å². The van der Waals surface area contributed by atoms with Crippen LogP contribution >= 0.6 is 0 Å². The first-order valence-corrected chi connectivity index (χ1v) is 23.8. The average molecular weight is 1060 g/mol. The largest absolute Gasteiger partial charge is 0.508 e. The molecular formula is C52H56N10O15. The van der Waals surface area contributed by atoms with E-state index in [0.717, 1.165) is 33.8 Å². The molecule has 2 saturated heterocycles. The van der Waals surface area contributed by atoms with Gasteiger partial charge in [-0.05, 0) is 59.7 Å². The molecule has 0 spiro atoms. The summed E-state index contributed by atoms with van der Waals surface area (Å²) in [7, 11) is 2.17. The lowest BCUT2D eigenvalue weighted by atomic mass is 10.0. The van der Waals surface area contributed by atoms with Crippen LogP contribution < -0.4 is 26.8 Å². The second kappa shape index (κ2) is 25.5. The van der Waals surface area contributed by atoms with Crippen molar-refractivity contribution in [2.75, 3.05) is 53.5 Å². The molecule has 77 heavy (non-hydrogen) atoms. The van der Waals surface area contributed by atoms with Crippen molar-refractivity contribution in [2.45, 2.75) is 49.9 Å². The number of piperazine rings is 2. The van der Waals surface area contributed by atoms with Gasteiger partial charge in [0.15, 0.2) is 0 Å². The number of esters is 3. The number of benzene rings is 4. The van der Waals surface area contributed by atoms with E-state index >= 15 is 0 Å². The third-order valence-corrected chi connectivity index (χ3v) is 12.6. The van der Waals surface area contributed by atoms with E-state index in [-0.39, 0.29) is 73.3 Å². The number of nitrogen functional groups attached to an aromatic ring is 2. The summed E-state index contributed by atoms with van der Waals surface area (Å²) in [4.78, 5) is 138. The van der Waals surface area contributed by atoms with E-state index in [0.29, 0.717) is 22.3 Å². The number of ether oxygens (including phenoxy) is 3. The summed E-state index contributed by atoms with van der Waals surface area (Å²) in [6.45, 7) is -2.12. The molecule has 4 aromatic carbocycles. The lowest BCUT2D eigenvalue weighted by Crippen LogP contribution is -2.63. The van der Waals surface area contributed by atoms with Gasteiger partial charge in [0.25, 0.3) is 11.8 Å². The van der Waals surface area contributed by atoms with E-state index in [1.807, 2.05) is 0 Å². The van der Waals surface area contributed by atoms with Crippen LogP contribution in [0.2, 0.25) is 0 Å². The number of amides is 6. The molecule has 4 aromatic rings. The number of carbonyl (C=O) groups is 10. The van der Waals surface area contributed by atoms with Gasteiger partial charge in [0.1, 0.15) is 60.4 Å². The molecule has 4 atom stereocenters. The predicted octanol–water partition coefficient (Wildman–Crippen LogP) is -0.462. The van der Waals surface area contributed by atoms with Gasteiger partial charge in [-0.2, -0.15) is 0 Å². The van der Waals surface area contributed by atoms with Crippen LogP contribution in [0, 0.1) is 10.8 Å². The Kier molecular flexibility index (Phi) is 18.8. The molecule has 0 bridgehead atoms. The molecule has 2 fully saturated rings. The highest BCUT2D eigenvalue weighted by molar-refractivity contribution is 6.03. The summed E-state index contributed by atoms with van der Waals surface area (Å²) in [5, 5.41) is 40.0. The first-order valence-electron chi connectivity index (χ1n) is 23.8. The molecule has 25 heteroatoms. The number of carboxylic acids is 1. The van der Waals surface area contributed by atoms with Gasteiger partial charge in [-0.3, -0.25) is 54.0 Å². The number of aliphatic carboxylic acids is 1. The molecule has 2 aliphatic heterocycles. The van der Waals surface area contributed by atoms with E-state index in [9.17, 15) is 58.2 Å². The number of nitrogens with zero attached hydrogens (tertiary/aromatic N) is 4. The van der Waals surface area contributed by atoms with Gasteiger partial charge in [0.05, 0.1) is 27.1 Å². The number of phenolic OH excluding ortho intramolecular Hbond substituents is 1. The fourth-order valence-electron chi connectivity index (χ4n) is 8.56. The third-order valence-electron chi connectivity index (χ3n) is 12.6. The zero-order valence-corrected chi connectivity index (χ0v) is 41.8. The number of nitrogens with two attached hydrogens (primary N) is 2. The standard InChI is InChI=1S/C52H56N10O15/c1-75-42(66)25-39-51(73)59(27-41(64)65)19-21-61(39)50(72)38(58-48(70)34-13-9-32(10-14-34)46(55)56)24-30-5-17-36(18-6-30)77-44(68)28-60-20-22-62(40(52(60)74)26-43(67)76-2)49(71)37(23-29-3-15-35(63)16-4-29)57-47(69)33-11-7-31(8-12-33)45(53)54/h3-18,37-40,63H,19-28H2,1-2H3,(H3,53,54)(H3,55,56)(H,57,69)(H,58,70)(H,64,65)/t37-,38-,39-,40-/m0/s1. The normalized spacial score (nSPS) is 16.1. The number of hydrogen-bond acceptors (Lipinski definition) is 16. The van der Waals surface area contributed by atoms with Crippen LogP contribution in [0.4, 0.5) is 0 Å². The molecule has 0 radical (unpaired) electrons. The Morgan fingerprint density at radius 1 is 0.571 bits per heavy atom. The monoisotopic (exact) mass is 1060 g/mol. The highest BCUT2D eigenvalue weighted by Crippen LogP contribution is 2.23. The van der Waals surface area contributed by atoms with Crippen molar-refractivity contribution in [2.24, 2.45) is 11.5 Å². The minimum Gasteiger partial charge on any atom is -0.508 e. The molecule has 10 N–H and O–H groups in total. The highest BCUT2D eigenvalue weighted by Gasteiger charge is 2.44. The third kappa shape index (κ3) is 14.8. The van der Waals surface area contributed by atoms with Gasteiger partial charge in [-0.1, -0.05) is 48.5 Å². The van der Waals surface area contributed by atoms with Gasteiger partial charge >= 0.3 is 23.9 Å². The second-order valence-corrected chi connectivity index (χ2v) is 17.8. The maximum absolute atomic E-state index is 14.5. The van der Waals surface area contributed by atoms with E-state index < -0.39 is 109 Å². The van der Waals surface area contributed by atoms with Crippen LogP contribution in [0.5, 0.6) is 11.5 Å². The van der Waals surface area contributed by atoms with Gasteiger partial charge in [-0.25, -0.2) is 4.79 Å². The molecule has 404 valence electrons. The number of nitrogens with one attached hydrogen (secondary N) is 4. The van der Waals surface area contributed by atoms with Gasteiger partial charge in [-0.15, -0.1) is 0 Å². The zero-order chi connectivity index (χ0) is 56.1. The zero-order valence-electron chi connectivity index (χ0n) is 41.8. The van der Waals surface area contributed by atoms with E-state index in [1.165, 1.54) is 84.9 Å². The minimum atomic E-state index is -1.48. The first kappa shape index (κ1) is 56.6. The number of methoxy groups -OCH3 is 2. The highest BCUT2D eigenvalue weighted by atomic mass is 16.5. The van der Waals surface area contributed by atoms with Crippen LogP contribution in [0.1, 0.15) is 55.8 Å². The van der Waals surface area contributed by atoms with Crippen molar-refractivity contribution in [3.05, 3.63) is 130 Å². The molecule has 2 aliphatic rings. The van der Waals surface area contributed by atoms with E-state index in [1.54, 1.807) is 12.1 Å². The number of carbonyl (C=O) groups excluding carboxylic acids is 9. The van der Waals surface area contributed by atoms with Crippen molar-refractivity contribution in [3.8, 4) is 11.5 Å². The summed E-state index contributed by atoms with van der Waals surface area (Å²) < 4.78 is 15.2. The Balaban J connectivity index is 1.17. The number of phenols is 1. The fraction of sp³-hybridized carbons (Fsp3) is 0.308. The SMILES string of the molecule is COC(=O)C[C@H]1C(=O)N(CC(=O)O)CCN1C(=O)[C@H](Cc1ccc(OC(=O)CN2CCN(C(=O)[C@H](Cc3ccc(O)cc3)NC(=O)c3ccc(C(=N)N)cc3)[C@@H](CC(=O)OC)C2=O)cc1)NC(=O)c1ccc(C(=N)N)cc1. The predicted molar refractivity (Wildman–Crippen MR) is 270 cm³/mol. The van der Waals surface area contributed by atoms with E-state index in [4.69, 9.17) is 36.5 Å². The van der Waals surface area contributed by atoms with Crippen molar-refractivity contribution >= 4 is 71.0 Å². The summed E-state index contributed by atoms with van der Waals surface area (Å²) in [5.74, 6) is -9.04. The van der Waals surface area contributed by atoms with Crippen LogP contribution in [0.3, 0.4) is 0 Å². The maximum Gasteiger partial charge on any atom is 0.331 e. The molecule has 6 amide bonds. The van der Waals surface area contributed by atoms with Crippen molar-refractivity contribution < 1.29 is 72.4 Å². The summed E-state index contributed by atoms with van der Waals surface area (Å²) in [5.41, 5.74) is 13.0. The van der Waals surface area contributed by atoms with Crippen molar-refractivity contribution in [3.63, 3.8) is 0 Å². The minimum absolute atomic E-state index is 0.00867. The van der Waals surface area contributed by atoms with Gasteiger partial charge in [0.2, 0.25) is 23.6 Å². The van der Waals surface area contributed by atoms with Crippen LogP contribution in [0.25, 0.3) is 0 Å². The van der Waals surface area contributed by atoms with Crippen molar-refractivity contribution in [1.29, 1.82) is 10.8 Å². The summed E-state index contributed by atoms with van der Waals surface area (Å²) in [6.07, 6.45) is -1.54. The number of amidine groups is 2. The second-order valence-electron chi connectivity index (χ2n) is 17.8. The van der Waals surface area contributed by atoms with Gasteiger partial charge < -0.3 is 66.1 Å². The van der Waals surface area contributed by atoms with Crippen LogP contribution in [-0.2, 0) is 60.7 Å². The van der Waals surface area contributed by atoms with Gasteiger partial charge in [0, 0.05) is 61.3 Å². The molecule has 0 unspecified atom stereocenters. The Bertz CT molecular complexity index is 2930. The summed E-state index contributed by atoms with van der Waals surface area (Å²) in [6, 6.07) is 17.3. The van der Waals surface area contributed by atoms with Crippen LogP contribution in [0.15, 0.2) is 97.1 Å². The molecular weight excluding hydrogens is 1000 g/mol. The average Bonchev–Trinajstić information content (AvgIpc) is 3.42. The number of aromatic hydroxyl groups is 1. The number of carboxylic acid groups (broad SMARTS) is 1. The molecule has 0 aromatic heterocycles. The quantitative estimate of drug-likeness (QED) is 0.0226. The Morgan fingerprint density at radius 2 is 0.948 bits per heavy atom. The molecule has 0 saturated carbocycles. The lowest BCUT2D eigenvalue weighted by Gasteiger charge is -2.41. The van der Waals surface area contributed by atoms with E-state index in [2.05, 4.69) is 10.6 Å². The maximum atomic E-state index is 14.5. The fourth-order valence-corrected chi connectivity index (χ4v) is 8.56. The number of rotatable bonds is 21. The molecule has 25 nitrogen and oxygen atoms in total. The van der Waals surface area contributed by atoms with Crippen molar-refractivity contribution in [1.82, 2.24) is 30.2 Å². The Hall–Kier alpha value is -9.68. The summed E-state index contributed by atoms with van der Waals surface area (Å²) >= 11 is 0. The number of hydrogen-bond donors (Lipinski definition) is 8. The van der Waals surface area contributed by atoms with Crippen LogP contribution in [-0.4, -0.2) is 178 Å². The molecule has 0 aliphatic carbocycles. The molecule has 2 heterocycles. The lowest BCUT2D eigenvalue weighted by molar-refractivity contribution is -0.159.